The predicted octanol–water partition coefficient (Wildman–Crippen LogP) is 5.57. The number of alkyl halides is 3. The molecule has 0 bridgehead atoms. The Balaban J connectivity index is 2.06. The highest BCUT2D eigenvalue weighted by molar-refractivity contribution is 5.74. The molecular weight excluding hydrogens is 301 g/mol. The van der Waals surface area contributed by atoms with Crippen LogP contribution in [0.4, 0.5) is 30.4 Å². The molecule has 5 heteroatoms. The fourth-order valence-electron chi connectivity index (χ4n) is 2.25. The Labute approximate surface area is 131 Å². The third-order valence-corrected chi connectivity index (χ3v) is 3.33. The van der Waals surface area contributed by atoms with Crippen molar-refractivity contribution in [1.82, 2.24) is 4.98 Å². The van der Waals surface area contributed by atoms with Crippen LogP contribution in [0.25, 0.3) is 0 Å². The molecule has 0 saturated carbocycles. The van der Waals surface area contributed by atoms with Crippen molar-refractivity contribution >= 4 is 17.2 Å². The molecule has 0 atom stereocenters. The largest absolute Gasteiger partial charge is 0.417 e. The van der Waals surface area contributed by atoms with E-state index in [2.05, 4.69) is 4.98 Å². The average molecular weight is 314 g/mol. The summed E-state index contributed by atoms with van der Waals surface area (Å²) in [4.78, 5) is 5.81. The van der Waals surface area contributed by atoms with Gasteiger partial charge in [-0.1, -0.05) is 36.4 Å². The third-order valence-electron chi connectivity index (χ3n) is 3.33. The van der Waals surface area contributed by atoms with Gasteiger partial charge in [0, 0.05) is 17.6 Å². The van der Waals surface area contributed by atoms with E-state index in [0.717, 1.165) is 23.6 Å². The molecule has 116 valence electrons. The Hall–Kier alpha value is -2.82. The van der Waals surface area contributed by atoms with Crippen LogP contribution >= 0.6 is 0 Å². The maximum Gasteiger partial charge on any atom is 0.417 e. The Morgan fingerprint density at radius 3 is 1.61 bits per heavy atom. The average Bonchev–Trinajstić information content (AvgIpc) is 2.57. The lowest BCUT2D eigenvalue weighted by atomic mass is 10.2. The minimum absolute atomic E-state index is 0.426. The maximum absolute atomic E-state index is 12.7. The van der Waals surface area contributed by atoms with Crippen LogP contribution in [0.1, 0.15) is 5.56 Å². The zero-order valence-corrected chi connectivity index (χ0v) is 12.0. The van der Waals surface area contributed by atoms with Crippen molar-refractivity contribution in [3.05, 3.63) is 84.6 Å². The molecule has 2 nitrogen and oxygen atoms in total. The monoisotopic (exact) mass is 314 g/mol. The molecule has 0 radical (unpaired) electrons. The molecule has 3 rings (SSSR count). The van der Waals surface area contributed by atoms with Crippen LogP contribution in [0.2, 0.25) is 0 Å². The molecule has 0 aliphatic rings. The number of para-hydroxylation sites is 2. The number of anilines is 3. The van der Waals surface area contributed by atoms with Crippen molar-refractivity contribution in [2.45, 2.75) is 6.18 Å². The number of benzene rings is 2. The van der Waals surface area contributed by atoms with Gasteiger partial charge in [0.1, 0.15) is 5.82 Å². The number of nitrogens with zero attached hydrogens (tertiary/aromatic N) is 2. The molecule has 0 fully saturated rings. The van der Waals surface area contributed by atoms with Crippen molar-refractivity contribution in [2.75, 3.05) is 4.90 Å². The van der Waals surface area contributed by atoms with Crippen LogP contribution in [0.5, 0.6) is 0 Å². The van der Waals surface area contributed by atoms with Gasteiger partial charge in [-0.05, 0) is 36.4 Å². The summed E-state index contributed by atoms with van der Waals surface area (Å²) in [6.07, 6.45) is -3.54. The van der Waals surface area contributed by atoms with Gasteiger partial charge in [0.15, 0.2) is 0 Å². The van der Waals surface area contributed by atoms with Gasteiger partial charge in [-0.2, -0.15) is 13.2 Å². The van der Waals surface area contributed by atoms with Crippen LogP contribution < -0.4 is 4.90 Å². The highest BCUT2D eigenvalue weighted by Crippen LogP contribution is 2.34. The molecule has 2 aromatic carbocycles. The summed E-state index contributed by atoms with van der Waals surface area (Å²) in [5, 5.41) is 0. The molecule has 3 aromatic rings. The van der Waals surface area contributed by atoms with Crippen molar-refractivity contribution in [3.8, 4) is 0 Å². The van der Waals surface area contributed by atoms with Crippen molar-refractivity contribution in [1.29, 1.82) is 0 Å². The quantitative estimate of drug-likeness (QED) is 0.628. The maximum atomic E-state index is 12.7. The van der Waals surface area contributed by atoms with Gasteiger partial charge in [-0.25, -0.2) is 4.98 Å². The molecule has 1 aromatic heterocycles. The number of hydrogen-bond donors (Lipinski definition) is 0. The summed E-state index contributed by atoms with van der Waals surface area (Å²) in [5.74, 6) is 0.426. The molecule has 0 aliphatic carbocycles. The SMILES string of the molecule is FC(F)(F)c1ccc(N(c2ccccc2)c2ccccc2)nc1. The van der Waals surface area contributed by atoms with E-state index in [-0.39, 0.29) is 0 Å². The number of halogens is 3. The van der Waals surface area contributed by atoms with E-state index in [4.69, 9.17) is 0 Å². The number of rotatable bonds is 3. The highest BCUT2D eigenvalue weighted by Gasteiger charge is 2.31. The van der Waals surface area contributed by atoms with Gasteiger partial charge in [-0.15, -0.1) is 0 Å². The summed E-state index contributed by atoms with van der Waals surface area (Å²) in [6, 6.07) is 21.2. The Morgan fingerprint density at radius 2 is 1.22 bits per heavy atom. The van der Waals surface area contributed by atoms with Crippen molar-refractivity contribution < 1.29 is 13.2 Å². The lowest BCUT2D eigenvalue weighted by Gasteiger charge is -2.24. The number of aromatic nitrogens is 1. The van der Waals surface area contributed by atoms with E-state index in [0.29, 0.717) is 5.82 Å². The zero-order chi connectivity index (χ0) is 16.3. The van der Waals surface area contributed by atoms with Gasteiger partial charge in [0.2, 0.25) is 0 Å². The standard InChI is InChI=1S/C18H13F3N2/c19-18(20,21)14-11-12-17(22-13-14)23(15-7-3-1-4-8-15)16-9-5-2-6-10-16/h1-13H. The zero-order valence-electron chi connectivity index (χ0n) is 12.0. The van der Waals surface area contributed by atoms with E-state index >= 15 is 0 Å². The molecule has 0 spiro atoms. The molecule has 0 unspecified atom stereocenters. The van der Waals surface area contributed by atoms with Crippen LogP contribution in [0.3, 0.4) is 0 Å². The second-order valence-electron chi connectivity index (χ2n) is 4.91. The molecule has 1 heterocycles. The Bertz CT molecular complexity index is 714. The molecule has 0 N–H and O–H groups in total. The Kier molecular flexibility index (Phi) is 4.02. The Morgan fingerprint density at radius 1 is 0.696 bits per heavy atom. The fourth-order valence-corrected chi connectivity index (χ4v) is 2.25. The lowest BCUT2D eigenvalue weighted by molar-refractivity contribution is -0.137. The van der Waals surface area contributed by atoms with Crippen molar-refractivity contribution in [2.24, 2.45) is 0 Å². The van der Waals surface area contributed by atoms with E-state index in [1.807, 2.05) is 60.7 Å². The van der Waals surface area contributed by atoms with E-state index in [1.54, 1.807) is 4.90 Å². The van der Waals surface area contributed by atoms with Crippen molar-refractivity contribution in [3.63, 3.8) is 0 Å². The minimum Gasteiger partial charge on any atom is -0.295 e. The first kappa shape index (κ1) is 15.1. The summed E-state index contributed by atoms with van der Waals surface area (Å²) < 4.78 is 38.1. The first-order valence-electron chi connectivity index (χ1n) is 6.99. The number of pyridine rings is 1. The highest BCUT2D eigenvalue weighted by atomic mass is 19.4. The van der Waals surface area contributed by atoms with Gasteiger partial charge in [0.25, 0.3) is 0 Å². The van der Waals surface area contributed by atoms with Gasteiger partial charge < -0.3 is 0 Å². The predicted molar refractivity (Wildman–Crippen MR) is 83.9 cm³/mol. The van der Waals surface area contributed by atoms with Gasteiger partial charge in [-0.3, -0.25) is 4.90 Å². The smallest absolute Gasteiger partial charge is 0.295 e. The normalized spacial score (nSPS) is 11.3. The molecule has 0 saturated heterocycles. The van der Waals surface area contributed by atoms with E-state index in [9.17, 15) is 13.2 Å². The van der Waals surface area contributed by atoms with Crippen LogP contribution in [0.15, 0.2) is 79.0 Å². The second-order valence-corrected chi connectivity index (χ2v) is 4.91. The van der Waals surface area contributed by atoms with Crippen LogP contribution in [0, 0.1) is 0 Å². The third kappa shape index (κ3) is 3.34. The first-order valence-corrected chi connectivity index (χ1v) is 6.99. The van der Waals surface area contributed by atoms with Crippen LogP contribution in [-0.2, 0) is 6.18 Å². The van der Waals surface area contributed by atoms with Gasteiger partial charge in [0.05, 0.1) is 5.56 Å². The summed E-state index contributed by atoms with van der Waals surface area (Å²) in [5.41, 5.74) is 0.888. The number of hydrogen-bond acceptors (Lipinski definition) is 2. The van der Waals surface area contributed by atoms with E-state index < -0.39 is 11.7 Å². The summed E-state index contributed by atoms with van der Waals surface area (Å²) in [7, 11) is 0. The molecular formula is C18H13F3N2. The molecule has 0 amide bonds. The minimum atomic E-state index is -4.39. The molecule has 23 heavy (non-hydrogen) atoms. The van der Waals surface area contributed by atoms with Gasteiger partial charge >= 0.3 is 6.18 Å². The molecule has 0 aliphatic heterocycles. The summed E-state index contributed by atoms with van der Waals surface area (Å²) in [6.45, 7) is 0. The fraction of sp³-hybridized carbons (Fsp3) is 0.0556. The summed E-state index contributed by atoms with van der Waals surface area (Å²) >= 11 is 0. The van der Waals surface area contributed by atoms with Crippen LogP contribution in [-0.4, -0.2) is 4.98 Å². The first-order chi connectivity index (χ1) is 11.1. The topological polar surface area (TPSA) is 16.1 Å². The lowest BCUT2D eigenvalue weighted by Crippen LogP contribution is -2.12. The second kappa shape index (κ2) is 6.12. The van der Waals surface area contributed by atoms with E-state index in [1.165, 1.54) is 6.07 Å².